The molecular formula is C33H56O6. The van der Waals surface area contributed by atoms with Gasteiger partial charge in [0, 0.05) is 12.8 Å². The van der Waals surface area contributed by atoms with E-state index in [0.717, 1.165) is 57.8 Å². The number of aliphatic hydroxyl groups is 2. The minimum atomic E-state index is -0.994. The summed E-state index contributed by atoms with van der Waals surface area (Å²) in [6, 6.07) is 0. The molecule has 0 saturated carbocycles. The molecule has 0 heterocycles. The molecule has 0 rings (SSSR count). The third-order valence-electron chi connectivity index (χ3n) is 6.17. The third-order valence-corrected chi connectivity index (χ3v) is 6.17. The van der Waals surface area contributed by atoms with Crippen LogP contribution >= 0.6 is 0 Å². The highest BCUT2D eigenvalue weighted by Gasteiger charge is 2.11. The fraction of sp³-hybridized carbons (Fsp3) is 0.697. The lowest BCUT2D eigenvalue weighted by Gasteiger charge is -2.12. The quantitative estimate of drug-likeness (QED) is 0.0498. The van der Waals surface area contributed by atoms with Crippen LogP contribution in [0.1, 0.15) is 123 Å². The van der Waals surface area contributed by atoms with Crippen LogP contribution < -0.4 is 0 Å². The standard InChI is InChI=1S/C33H56O6/c1-3-5-7-8-14-18-22-26-32(36)38-28-31(35)29-39-33(37)27-23-19-16-13-11-9-10-12-15-17-21-25-30(34)24-20-6-4-2/h9-10,13,15-17,21,25,30-31,34-35H,3-8,11-12,14,18-20,22-24,26-29H2,1-2H3/b10-9-,16-13-,17-15-,25-21+/t30-,31-/m1/s1. The molecule has 0 saturated heterocycles. The van der Waals surface area contributed by atoms with Crippen LogP contribution in [-0.2, 0) is 19.1 Å². The molecule has 2 atom stereocenters. The number of allylic oxidation sites excluding steroid dienone is 7. The summed E-state index contributed by atoms with van der Waals surface area (Å²) in [4.78, 5) is 23.6. The van der Waals surface area contributed by atoms with Crippen LogP contribution in [0.15, 0.2) is 48.6 Å². The molecule has 0 amide bonds. The minimum absolute atomic E-state index is 0.145. The van der Waals surface area contributed by atoms with Gasteiger partial charge in [-0.2, -0.15) is 0 Å². The molecule has 2 N–H and O–H groups in total. The van der Waals surface area contributed by atoms with E-state index >= 15 is 0 Å². The van der Waals surface area contributed by atoms with Gasteiger partial charge in [0.05, 0.1) is 6.10 Å². The van der Waals surface area contributed by atoms with Gasteiger partial charge in [0.1, 0.15) is 19.3 Å². The van der Waals surface area contributed by atoms with Gasteiger partial charge >= 0.3 is 11.9 Å². The Balaban J connectivity index is 3.67. The molecule has 0 fully saturated rings. The zero-order valence-corrected chi connectivity index (χ0v) is 24.7. The normalized spacial score (nSPS) is 13.6. The molecule has 0 aromatic rings. The molecular weight excluding hydrogens is 492 g/mol. The third kappa shape index (κ3) is 28.6. The second-order valence-electron chi connectivity index (χ2n) is 10.1. The summed E-state index contributed by atoms with van der Waals surface area (Å²) in [5, 5.41) is 19.7. The van der Waals surface area contributed by atoms with Gasteiger partial charge in [-0.3, -0.25) is 9.59 Å². The molecule has 6 nitrogen and oxygen atoms in total. The van der Waals surface area contributed by atoms with E-state index in [2.05, 4.69) is 44.2 Å². The van der Waals surface area contributed by atoms with Crippen molar-refractivity contribution in [2.45, 2.75) is 135 Å². The van der Waals surface area contributed by atoms with E-state index in [1.807, 2.05) is 18.2 Å². The Morgan fingerprint density at radius 2 is 1.18 bits per heavy atom. The number of ether oxygens (including phenoxy) is 2. The molecule has 224 valence electrons. The summed E-state index contributed by atoms with van der Waals surface area (Å²) < 4.78 is 10.1. The van der Waals surface area contributed by atoms with E-state index in [4.69, 9.17) is 9.47 Å². The minimum Gasteiger partial charge on any atom is -0.463 e. The van der Waals surface area contributed by atoms with Gasteiger partial charge in [0.25, 0.3) is 0 Å². The maximum atomic E-state index is 11.8. The Kier molecular flexibility index (Phi) is 27.2. The van der Waals surface area contributed by atoms with Crippen molar-refractivity contribution in [3.63, 3.8) is 0 Å². The fourth-order valence-electron chi connectivity index (χ4n) is 3.77. The Morgan fingerprint density at radius 1 is 0.641 bits per heavy atom. The lowest BCUT2D eigenvalue weighted by Crippen LogP contribution is -2.25. The Bertz CT molecular complexity index is 694. The van der Waals surface area contributed by atoms with Crippen molar-refractivity contribution in [1.29, 1.82) is 0 Å². The number of carbonyl (C=O) groups excluding carboxylic acids is 2. The van der Waals surface area contributed by atoms with Gasteiger partial charge in [-0.1, -0.05) is 120 Å². The monoisotopic (exact) mass is 548 g/mol. The summed E-state index contributed by atoms with van der Waals surface area (Å²) in [5.41, 5.74) is 0. The zero-order chi connectivity index (χ0) is 28.8. The van der Waals surface area contributed by atoms with Gasteiger partial charge in [0.2, 0.25) is 0 Å². The SMILES string of the molecule is CCCCCCCCCC(=O)OC[C@@H](O)COC(=O)CCC/C=C\C/C=C\C/C=C\C=C\[C@H](O)CCCCC. The van der Waals surface area contributed by atoms with Crippen molar-refractivity contribution in [2.75, 3.05) is 13.2 Å². The number of carbonyl (C=O) groups is 2. The van der Waals surface area contributed by atoms with E-state index in [1.165, 1.54) is 32.1 Å². The van der Waals surface area contributed by atoms with E-state index in [1.54, 1.807) is 0 Å². The summed E-state index contributed by atoms with van der Waals surface area (Å²) >= 11 is 0. The van der Waals surface area contributed by atoms with Crippen LogP contribution in [-0.4, -0.2) is 47.6 Å². The maximum Gasteiger partial charge on any atom is 0.305 e. The first-order chi connectivity index (χ1) is 19.0. The van der Waals surface area contributed by atoms with E-state index < -0.39 is 6.10 Å². The van der Waals surface area contributed by atoms with Gasteiger partial charge < -0.3 is 19.7 Å². The Hall–Kier alpha value is -2.18. The predicted molar refractivity (Wildman–Crippen MR) is 160 cm³/mol. The smallest absolute Gasteiger partial charge is 0.305 e. The fourth-order valence-corrected chi connectivity index (χ4v) is 3.77. The lowest BCUT2D eigenvalue weighted by atomic mass is 10.1. The van der Waals surface area contributed by atoms with Gasteiger partial charge in [-0.05, 0) is 38.5 Å². The molecule has 0 aliphatic heterocycles. The average Bonchev–Trinajstić information content (AvgIpc) is 2.92. The van der Waals surface area contributed by atoms with Crippen molar-refractivity contribution in [3.8, 4) is 0 Å². The highest BCUT2D eigenvalue weighted by atomic mass is 16.6. The molecule has 39 heavy (non-hydrogen) atoms. The van der Waals surface area contributed by atoms with Crippen molar-refractivity contribution < 1.29 is 29.3 Å². The van der Waals surface area contributed by atoms with Gasteiger partial charge in [-0.15, -0.1) is 0 Å². The molecule has 0 unspecified atom stereocenters. The van der Waals surface area contributed by atoms with Crippen LogP contribution in [0, 0.1) is 0 Å². The first-order valence-electron chi connectivity index (χ1n) is 15.3. The number of rotatable bonds is 26. The molecule has 0 aromatic carbocycles. The number of hydrogen-bond acceptors (Lipinski definition) is 6. The number of aliphatic hydroxyl groups excluding tert-OH is 2. The average molecular weight is 549 g/mol. The zero-order valence-electron chi connectivity index (χ0n) is 24.7. The first-order valence-corrected chi connectivity index (χ1v) is 15.3. The molecule has 0 aliphatic rings. The summed E-state index contributed by atoms with van der Waals surface area (Å²) in [6.07, 6.45) is 30.7. The highest BCUT2D eigenvalue weighted by Crippen LogP contribution is 2.09. The maximum absolute atomic E-state index is 11.8. The lowest BCUT2D eigenvalue weighted by molar-refractivity contribution is -0.152. The number of esters is 2. The largest absolute Gasteiger partial charge is 0.463 e. The van der Waals surface area contributed by atoms with E-state index in [9.17, 15) is 19.8 Å². The van der Waals surface area contributed by atoms with Crippen molar-refractivity contribution >= 4 is 11.9 Å². The summed E-state index contributed by atoms with van der Waals surface area (Å²) in [7, 11) is 0. The van der Waals surface area contributed by atoms with Crippen LogP contribution in [0.3, 0.4) is 0 Å². The van der Waals surface area contributed by atoms with Crippen molar-refractivity contribution in [3.05, 3.63) is 48.6 Å². The van der Waals surface area contributed by atoms with Crippen molar-refractivity contribution in [1.82, 2.24) is 0 Å². The summed E-state index contributed by atoms with van der Waals surface area (Å²) in [6.45, 7) is 4.05. The molecule has 0 radical (unpaired) electrons. The van der Waals surface area contributed by atoms with Crippen molar-refractivity contribution in [2.24, 2.45) is 0 Å². The molecule has 0 bridgehead atoms. The Morgan fingerprint density at radius 3 is 1.85 bits per heavy atom. The van der Waals surface area contributed by atoms with Crippen LogP contribution in [0.2, 0.25) is 0 Å². The highest BCUT2D eigenvalue weighted by molar-refractivity contribution is 5.69. The van der Waals surface area contributed by atoms with E-state index in [0.29, 0.717) is 12.8 Å². The predicted octanol–water partition coefficient (Wildman–Crippen LogP) is 7.69. The number of unbranched alkanes of at least 4 members (excludes halogenated alkanes) is 9. The van der Waals surface area contributed by atoms with Gasteiger partial charge in [0.15, 0.2) is 0 Å². The van der Waals surface area contributed by atoms with Gasteiger partial charge in [-0.25, -0.2) is 0 Å². The second-order valence-corrected chi connectivity index (χ2v) is 10.1. The first kappa shape index (κ1) is 36.8. The van der Waals surface area contributed by atoms with Crippen LogP contribution in [0.25, 0.3) is 0 Å². The van der Waals surface area contributed by atoms with Crippen LogP contribution in [0.5, 0.6) is 0 Å². The molecule has 0 aromatic heterocycles. The molecule has 6 heteroatoms. The van der Waals surface area contributed by atoms with E-state index in [-0.39, 0.29) is 37.7 Å². The second kappa shape index (κ2) is 28.8. The molecule has 0 aliphatic carbocycles. The molecule has 0 spiro atoms. The van der Waals surface area contributed by atoms with Crippen LogP contribution in [0.4, 0.5) is 0 Å². The summed E-state index contributed by atoms with van der Waals surface area (Å²) in [5.74, 6) is -0.667. The Labute approximate surface area is 238 Å². The topological polar surface area (TPSA) is 93.1 Å². The number of hydrogen-bond donors (Lipinski definition) is 2.